The average Bonchev–Trinajstić information content (AvgIpc) is 2.32. The van der Waals surface area contributed by atoms with Gasteiger partial charge in [0.25, 0.3) is 0 Å². The zero-order chi connectivity index (χ0) is 11.5. The first-order valence-electron chi connectivity index (χ1n) is 5.85. The van der Waals surface area contributed by atoms with Crippen molar-refractivity contribution in [3.63, 3.8) is 0 Å². The number of hydrogen-bond donors (Lipinski definition) is 2. The van der Waals surface area contributed by atoms with Crippen LogP contribution in [0.1, 0.15) is 40.5 Å². The molecule has 0 saturated carbocycles. The lowest BCUT2D eigenvalue weighted by Gasteiger charge is -2.35. The number of nitrogens with one attached hydrogen (secondary N) is 2. The van der Waals surface area contributed by atoms with Crippen molar-refractivity contribution in [2.24, 2.45) is 11.3 Å². The quantitative estimate of drug-likeness (QED) is 0.705. The van der Waals surface area contributed by atoms with E-state index in [0.29, 0.717) is 5.92 Å². The second-order valence-electron chi connectivity index (χ2n) is 4.65. The van der Waals surface area contributed by atoms with Crippen LogP contribution in [-0.2, 0) is 4.84 Å². The molecule has 0 aromatic rings. The number of hydrogen-bond acceptors (Lipinski definition) is 3. The SMILES string of the molecule is CC[C@]1(C)C(ONC)=C(C)NCC[C@H]1C. The van der Waals surface area contributed by atoms with Crippen LogP contribution in [0.4, 0.5) is 0 Å². The fourth-order valence-electron chi connectivity index (χ4n) is 2.33. The van der Waals surface area contributed by atoms with Crippen molar-refractivity contribution in [1.82, 2.24) is 10.8 Å². The summed E-state index contributed by atoms with van der Waals surface area (Å²) in [6.45, 7) is 9.97. The zero-order valence-electron chi connectivity index (χ0n) is 10.6. The first kappa shape index (κ1) is 12.4. The second-order valence-corrected chi connectivity index (χ2v) is 4.65. The van der Waals surface area contributed by atoms with Gasteiger partial charge in [0.1, 0.15) is 5.76 Å². The van der Waals surface area contributed by atoms with Crippen molar-refractivity contribution in [2.45, 2.75) is 40.5 Å². The summed E-state index contributed by atoms with van der Waals surface area (Å²) in [5.41, 5.74) is 4.11. The summed E-state index contributed by atoms with van der Waals surface area (Å²) in [5.74, 6) is 1.70. The first-order chi connectivity index (χ1) is 7.06. The van der Waals surface area contributed by atoms with Crippen LogP contribution < -0.4 is 10.8 Å². The fraction of sp³-hybridized carbons (Fsp3) is 0.833. The minimum Gasteiger partial charge on any atom is -0.411 e. The van der Waals surface area contributed by atoms with Crippen LogP contribution in [-0.4, -0.2) is 13.6 Å². The summed E-state index contributed by atoms with van der Waals surface area (Å²) < 4.78 is 0. The predicted molar refractivity (Wildman–Crippen MR) is 63.0 cm³/mol. The Bertz CT molecular complexity index is 250. The van der Waals surface area contributed by atoms with Crippen molar-refractivity contribution in [2.75, 3.05) is 13.6 Å². The molecule has 0 bridgehead atoms. The van der Waals surface area contributed by atoms with Crippen LogP contribution in [0.25, 0.3) is 0 Å². The molecule has 0 saturated heterocycles. The van der Waals surface area contributed by atoms with Gasteiger partial charge >= 0.3 is 0 Å². The maximum Gasteiger partial charge on any atom is 0.148 e. The van der Waals surface area contributed by atoms with Gasteiger partial charge < -0.3 is 10.2 Å². The minimum atomic E-state index is 0.136. The van der Waals surface area contributed by atoms with E-state index in [1.54, 1.807) is 0 Å². The highest BCUT2D eigenvalue weighted by molar-refractivity contribution is 5.16. The molecule has 1 rings (SSSR count). The minimum absolute atomic E-state index is 0.136. The fourth-order valence-corrected chi connectivity index (χ4v) is 2.33. The topological polar surface area (TPSA) is 33.3 Å². The van der Waals surface area contributed by atoms with Gasteiger partial charge in [-0.2, -0.15) is 5.48 Å². The molecule has 2 atom stereocenters. The van der Waals surface area contributed by atoms with Gasteiger partial charge in [-0.05, 0) is 25.7 Å². The molecule has 1 aliphatic rings. The Hall–Kier alpha value is -0.700. The van der Waals surface area contributed by atoms with Crippen LogP contribution in [0.5, 0.6) is 0 Å². The van der Waals surface area contributed by atoms with E-state index in [1.807, 2.05) is 7.05 Å². The summed E-state index contributed by atoms with van der Waals surface area (Å²) in [5, 5.41) is 3.41. The molecule has 3 heteroatoms. The molecule has 88 valence electrons. The Morgan fingerprint density at radius 3 is 2.80 bits per heavy atom. The third kappa shape index (κ3) is 2.28. The number of allylic oxidation sites excluding steroid dienone is 2. The molecular formula is C12H24N2O. The van der Waals surface area contributed by atoms with Crippen LogP contribution in [0.3, 0.4) is 0 Å². The maximum atomic E-state index is 5.62. The highest BCUT2D eigenvalue weighted by atomic mass is 16.6. The molecule has 0 aliphatic carbocycles. The summed E-state index contributed by atoms with van der Waals surface area (Å²) in [4.78, 5) is 5.62. The Morgan fingerprint density at radius 1 is 1.60 bits per heavy atom. The first-order valence-corrected chi connectivity index (χ1v) is 5.85. The zero-order valence-corrected chi connectivity index (χ0v) is 10.6. The Morgan fingerprint density at radius 2 is 2.27 bits per heavy atom. The van der Waals surface area contributed by atoms with Gasteiger partial charge in [0.05, 0.1) is 0 Å². The van der Waals surface area contributed by atoms with Gasteiger partial charge in [0.15, 0.2) is 0 Å². The largest absolute Gasteiger partial charge is 0.411 e. The summed E-state index contributed by atoms with van der Waals surface area (Å²) in [6.07, 6.45) is 2.29. The Labute approximate surface area is 93.2 Å². The average molecular weight is 212 g/mol. The predicted octanol–water partition coefficient (Wildman–Crippen LogP) is 2.41. The second kappa shape index (κ2) is 4.88. The van der Waals surface area contributed by atoms with Crippen molar-refractivity contribution < 1.29 is 4.84 Å². The number of rotatable bonds is 3. The van der Waals surface area contributed by atoms with Crippen LogP contribution >= 0.6 is 0 Å². The molecule has 0 aromatic carbocycles. The van der Waals surface area contributed by atoms with Crippen molar-refractivity contribution in [1.29, 1.82) is 0 Å². The van der Waals surface area contributed by atoms with Crippen LogP contribution in [0.15, 0.2) is 11.5 Å². The van der Waals surface area contributed by atoms with E-state index in [-0.39, 0.29) is 5.41 Å². The smallest absolute Gasteiger partial charge is 0.148 e. The van der Waals surface area contributed by atoms with Crippen molar-refractivity contribution in [3.8, 4) is 0 Å². The molecular weight excluding hydrogens is 188 g/mol. The van der Waals surface area contributed by atoms with Gasteiger partial charge in [-0.3, -0.25) is 0 Å². The highest BCUT2D eigenvalue weighted by Crippen LogP contribution is 2.42. The van der Waals surface area contributed by atoms with E-state index in [0.717, 1.165) is 24.4 Å². The molecule has 0 aromatic heterocycles. The van der Waals surface area contributed by atoms with Crippen LogP contribution in [0, 0.1) is 11.3 Å². The molecule has 1 aliphatic heterocycles. The van der Waals surface area contributed by atoms with Gasteiger partial charge in [0.2, 0.25) is 0 Å². The molecule has 1 heterocycles. The van der Waals surface area contributed by atoms with Gasteiger partial charge in [-0.1, -0.05) is 20.8 Å². The summed E-state index contributed by atoms with van der Waals surface area (Å²) >= 11 is 0. The maximum absolute atomic E-state index is 5.62. The molecule has 2 N–H and O–H groups in total. The van der Waals surface area contributed by atoms with Crippen LogP contribution in [0.2, 0.25) is 0 Å². The van der Waals surface area contributed by atoms with E-state index in [2.05, 4.69) is 38.5 Å². The van der Waals surface area contributed by atoms with Crippen molar-refractivity contribution >= 4 is 0 Å². The third-order valence-corrected chi connectivity index (χ3v) is 3.85. The molecule has 0 spiro atoms. The number of hydroxylamine groups is 1. The lowest BCUT2D eigenvalue weighted by atomic mass is 9.73. The monoisotopic (exact) mass is 212 g/mol. The van der Waals surface area contributed by atoms with Crippen molar-refractivity contribution in [3.05, 3.63) is 11.5 Å². The highest BCUT2D eigenvalue weighted by Gasteiger charge is 2.38. The van der Waals surface area contributed by atoms with Gasteiger partial charge in [0, 0.05) is 24.7 Å². The molecule has 0 radical (unpaired) electrons. The lowest BCUT2D eigenvalue weighted by molar-refractivity contribution is 0.0429. The Kier molecular flexibility index (Phi) is 4.03. The molecule has 15 heavy (non-hydrogen) atoms. The standard InChI is InChI=1S/C12H24N2O/c1-6-12(4)9(2)7-8-14-10(3)11(12)15-13-5/h9,13-14H,6-8H2,1-5H3/t9-,12+/m1/s1. The van der Waals surface area contributed by atoms with Gasteiger partial charge in [-0.15, -0.1) is 0 Å². The van der Waals surface area contributed by atoms with E-state index < -0.39 is 0 Å². The summed E-state index contributed by atoms with van der Waals surface area (Å²) in [7, 11) is 1.81. The van der Waals surface area contributed by atoms with E-state index >= 15 is 0 Å². The molecule has 0 unspecified atom stereocenters. The van der Waals surface area contributed by atoms with Gasteiger partial charge in [-0.25, -0.2) is 0 Å². The summed E-state index contributed by atoms with van der Waals surface area (Å²) in [6, 6.07) is 0. The van der Waals surface area contributed by atoms with E-state index in [9.17, 15) is 0 Å². The lowest BCUT2D eigenvalue weighted by Crippen LogP contribution is -2.30. The molecule has 0 amide bonds. The Balaban J connectivity index is 3.06. The molecule has 3 nitrogen and oxygen atoms in total. The van der Waals surface area contributed by atoms with E-state index in [4.69, 9.17) is 4.84 Å². The normalized spacial score (nSPS) is 32.2. The third-order valence-electron chi connectivity index (χ3n) is 3.85. The molecule has 0 fully saturated rings. The van der Waals surface area contributed by atoms with E-state index in [1.165, 1.54) is 6.42 Å².